The van der Waals surface area contributed by atoms with Gasteiger partial charge in [-0.05, 0) is 37.3 Å². The molecule has 3 aromatic rings. The summed E-state index contributed by atoms with van der Waals surface area (Å²) in [6, 6.07) is 6.06. The molecule has 0 saturated carbocycles. The molecule has 0 aliphatic carbocycles. The van der Waals surface area contributed by atoms with E-state index in [9.17, 15) is 18.0 Å². The minimum atomic E-state index is -4.60. The number of urea groups is 1. The van der Waals surface area contributed by atoms with Gasteiger partial charge in [-0.2, -0.15) is 13.2 Å². The fourth-order valence-corrected chi connectivity index (χ4v) is 2.52. The zero-order chi connectivity index (χ0) is 20.3. The molecule has 3 rings (SSSR count). The molecule has 0 atom stereocenters. The van der Waals surface area contributed by atoms with Gasteiger partial charge in [-0.15, -0.1) is 0 Å². The van der Waals surface area contributed by atoms with Gasteiger partial charge in [0.05, 0.1) is 17.4 Å². The zero-order valence-corrected chi connectivity index (χ0v) is 15.2. The molecule has 2 aromatic heterocycles. The third kappa shape index (κ3) is 4.58. The van der Waals surface area contributed by atoms with Gasteiger partial charge in [0, 0.05) is 11.6 Å². The summed E-state index contributed by atoms with van der Waals surface area (Å²) in [7, 11) is 0. The third-order valence-corrected chi connectivity index (χ3v) is 3.77. The lowest BCUT2D eigenvalue weighted by atomic mass is 10.1. The number of hydrogen-bond acceptors (Lipinski definition) is 5. The van der Waals surface area contributed by atoms with E-state index in [2.05, 4.69) is 30.9 Å². The van der Waals surface area contributed by atoms with Crippen molar-refractivity contribution < 1.29 is 18.0 Å². The predicted molar refractivity (Wildman–Crippen MR) is 99.8 cm³/mol. The van der Waals surface area contributed by atoms with Crippen molar-refractivity contribution in [3.63, 3.8) is 0 Å². The Kier molecular flexibility index (Phi) is 5.50. The quantitative estimate of drug-likeness (QED) is 0.585. The number of halogens is 4. The highest BCUT2D eigenvalue weighted by molar-refractivity contribution is 6.30. The van der Waals surface area contributed by atoms with E-state index in [1.807, 2.05) is 0 Å². The zero-order valence-electron chi connectivity index (χ0n) is 14.4. The Balaban J connectivity index is 1.91. The standard InChI is InChI=1S/C17H14ClF3N6O/c1-2-22-16(28)27-13-6-5-12-15(25-13)26-14(8-23-12)24-11-4-3-9(18)7-10(11)17(19,20)21/h3-8H,2H2,1H3,(H3,22,24,25,26,27,28). The molecule has 0 bridgehead atoms. The first-order valence-corrected chi connectivity index (χ1v) is 8.46. The second kappa shape index (κ2) is 7.85. The van der Waals surface area contributed by atoms with Crippen molar-refractivity contribution >= 4 is 46.1 Å². The molecule has 0 radical (unpaired) electrons. The molecule has 0 aliphatic heterocycles. The molecule has 2 amide bonds. The molecular weight excluding hydrogens is 397 g/mol. The second-order valence-electron chi connectivity index (χ2n) is 5.59. The summed E-state index contributed by atoms with van der Waals surface area (Å²) in [4.78, 5) is 24.0. The molecule has 11 heteroatoms. The Morgan fingerprint density at radius 1 is 1.14 bits per heavy atom. The van der Waals surface area contributed by atoms with Crippen LogP contribution in [0.5, 0.6) is 0 Å². The summed E-state index contributed by atoms with van der Waals surface area (Å²) in [5.74, 6) is 0.287. The van der Waals surface area contributed by atoms with Crippen LogP contribution in [0, 0.1) is 0 Å². The highest BCUT2D eigenvalue weighted by Crippen LogP contribution is 2.37. The van der Waals surface area contributed by atoms with E-state index in [1.54, 1.807) is 19.1 Å². The highest BCUT2D eigenvalue weighted by atomic mass is 35.5. The number of aromatic nitrogens is 3. The van der Waals surface area contributed by atoms with Crippen LogP contribution in [0.2, 0.25) is 5.02 Å². The summed E-state index contributed by atoms with van der Waals surface area (Å²) >= 11 is 5.68. The molecule has 0 aliphatic rings. The normalized spacial score (nSPS) is 11.3. The van der Waals surface area contributed by atoms with Gasteiger partial charge < -0.3 is 10.6 Å². The van der Waals surface area contributed by atoms with E-state index in [1.165, 1.54) is 18.3 Å². The maximum absolute atomic E-state index is 13.2. The van der Waals surface area contributed by atoms with Crippen LogP contribution in [0.4, 0.5) is 35.3 Å². The number of hydrogen-bond donors (Lipinski definition) is 3. The van der Waals surface area contributed by atoms with Gasteiger partial charge in [-0.25, -0.2) is 19.7 Å². The smallest absolute Gasteiger partial charge is 0.338 e. The van der Waals surface area contributed by atoms with Crippen molar-refractivity contribution in [2.24, 2.45) is 0 Å². The van der Waals surface area contributed by atoms with Crippen molar-refractivity contribution in [3.05, 3.63) is 47.1 Å². The van der Waals surface area contributed by atoms with Crippen LogP contribution in [0.15, 0.2) is 36.5 Å². The van der Waals surface area contributed by atoms with Crippen LogP contribution in [0.3, 0.4) is 0 Å². The average Bonchev–Trinajstić information content (AvgIpc) is 2.62. The number of amides is 2. The van der Waals surface area contributed by atoms with Crippen molar-refractivity contribution in [3.8, 4) is 0 Å². The average molecular weight is 411 g/mol. The van der Waals surface area contributed by atoms with Crippen LogP contribution in [-0.4, -0.2) is 27.5 Å². The Labute approximate surface area is 162 Å². The van der Waals surface area contributed by atoms with Gasteiger partial charge in [0.1, 0.15) is 11.3 Å². The number of nitrogens with one attached hydrogen (secondary N) is 3. The number of nitrogens with zero attached hydrogens (tertiary/aromatic N) is 3. The molecule has 0 saturated heterocycles. The van der Waals surface area contributed by atoms with E-state index >= 15 is 0 Å². The second-order valence-corrected chi connectivity index (χ2v) is 6.03. The number of alkyl halides is 3. The molecule has 2 heterocycles. The van der Waals surface area contributed by atoms with Crippen LogP contribution < -0.4 is 16.0 Å². The van der Waals surface area contributed by atoms with Crippen molar-refractivity contribution in [1.29, 1.82) is 0 Å². The van der Waals surface area contributed by atoms with Gasteiger partial charge in [-0.3, -0.25) is 5.32 Å². The molecule has 7 nitrogen and oxygen atoms in total. The predicted octanol–water partition coefficient (Wildman–Crippen LogP) is 4.58. The van der Waals surface area contributed by atoms with Gasteiger partial charge in [-0.1, -0.05) is 11.6 Å². The number of fused-ring (bicyclic) bond motifs is 1. The van der Waals surface area contributed by atoms with Crippen LogP contribution in [-0.2, 0) is 6.18 Å². The minimum Gasteiger partial charge on any atom is -0.338 e. The number of carbonyl (C=O) groups is 1. The summed E-state index contributed by atoms with van der Waals surface area (Å²) in [5, 5.41) is 7.63. The lowest BCUT2D eigenvalue weighted by Crippen LogP contribution is -2.28. The van der Waals surface area contributed by atoms with Gasteiger partial charge in [0.15, 0.2) is 11.5 Å². The molecule has 28 heavy (non-hydrogen) atoms. The fourth-order valence-electron chi connectivity index (χ4n) is 2.35. The summed E-state index contributed by atoms with van der Waals surface area (Å²) < 4.78 is 39.7. The topological polar surface area (TPSA) is 91.8 Å². The van der Waals surface area contributed by atoms with E-state index in [0.717, 1.165) is 6.07 Å². The van der Waals surface area contributed by atoms with E-state index in [0.29, 0.717) is 12.1 Å². The number of carbonyl (C=O) groups excluding carboxylic acids is 1. The number of rotatable bonds is 4. The Bertz CT molecular complexity index is 1030. The van der Waals surface area contributed by atoms with Crippen molar-refractivity contribution in [1.82, 2.24) is 20.3 Å². The SMILES string of the molecule is CCNC(=O)Nc1ccc2ncc(Nc3ccc(Cl)cc3C(F)(F)F)nc2n1. The van der Waals surface area contributed by atoms with Gasteiger partial charge >= 0.3 is 12.2 Å². The summed E-state index contributed by atoms with van der Waals surface area (Å²) in [5.41, 5.74) is -0.579. The first-order chi connectivity index (χ1) is 13.3. The van der Waals surface area contributed by atoms with Crippen LogP contribution in [0.25, 0.3) is 11.2 Å². The molecule has 0 unspecified atom stereocenters. The fraction of sp³-hybridized carbons (Fsp3) is 0.176. The summed E-state index contributed by atoms with van der Waals surface area (Å²) in [6.07, 6.45) is -3.31. The van der Waals surface area contributed by atoms with E-state index < -0.39 is 17.8 Å². The monoisotopic (exact) mass is 410 g/mol. The molecular formula is C17H14ClF3N6O. The van der Waals surface area contributed by atoms with E-state index in [4.69, 9.17) is 11.6 Å². The molecule has 146 valence electrons. The number of pyridine rings is 1. The Morgan fingerprint density at radius 2 is 1.89 bits per heavy atom. The third-order valence-electron chi connectivity index (χ3n) is 3.54. The lowest BCUT2D eigenvalue weighted by Gasteiger charge is -2.14. The van der Waals surface area contributed by atoms with Crippen molar-refractivity contribution in [2.45, 2.75) is 13.1 Å². The molecule has 3 N–H and O–H groups in total. The molecule has 0 spiro atoms. The van der Waals surface area contributed by atoms with Crippen molar-refractivity contribution in [2.75, 3.05) is 17.2 Å². The number of benzene rings is 1. The summed E-state index contributed by atoms with van der Waals surface area (Å²) in [6.45, 7) is 2.21. The van der Waals surface area contributed by atoms with Gasteiger partial charge in [0.25, 0.3) is 0 Å². The first kappa shape index (κ1) is 19.6. The molecule has 0 fully saturated rings. The highest BCUT2D eigenvalue weighted by Gasteiger charge is 2.34. The van der Waals surface area contributed by atoms with Crippen LogP contribution >= 0.6 is 11.6 Å². The maximum atomic E-state index is 13.2. The van der Waals surface area contributed by atoms with E-state index in [-0.39, 0.29) is 28.0 Å². The minimum absolute atomic E-state index is 0.0368. The molecule has 1 aromatic carbocycles. The van der Waals surface area contributed by atoms with Crippen LogP contribution in [0.1, 0.15) is 12.5 Å². The Hall–Kier alpha value is -3.14. The Morgan fingerprint density at radius 3 is 2.61 bits per heavy atom. The largest absolute Gasteiger partial charge is 0.418 e. The maximum Gasteiger partial charge on any atom is 0.418 e. The number of anilines is 3. The lowest BCUT2D eigenvalue weighted by molar-refractivity contribution is -0.136. The first-order valence-electron chi connectivity index (χ1n) is 8.08. The van der Waals surface area contributed by atoms with Gasteiger partial charge in [0.2, 0.25) is 0 Å².